The molecule has 0 fully saturated rings. The quantitative estimate of drug-likeness (QED) is 0.478. The summed E-state index contributed by atoms with van der Waals surface area (Å²) in [6.45, 7) is 3.17. The number of ether oxygens (including phenoxy) is 2. The van der Waals surface area contributed by atoms with Crippen LogP contribution in [0.5, 0.6) is 0 Å². The van der Waals surface area contributed by atoms with Crippen molar-refractivity contribution >= 4 is 29.3 Å². The van der Waals surface area contributed by atoms with Gasteiger partial charge in [0.2, 0.25) is 5.89 Å². The lowest BCUT2D eigenvalue weighted by Crippen LogP contribution is -2.47. The van der Waals surface area contributed by atoms with E-state index in [1.54, 1.807) is 26.0 Å². The SMILES string of the molecule is CCOC(=O)C1=C(COC(=O)Cc2nc(-c3cccs3)oc2C)NC(=O)NC1c1ccco1. The molecule has 4 heterocycles. The molecule has 0 radical (unpaired) electrons. The average Bonchev–Trinajstić information content (AvgIpc) is 3.55. The average molecular weight is 471 g/mol. The van der Waals surface area contributed by atoms with Crippen molar-refractivity contribution in [3.8, 4) is 10.8 Å². The molecule has 1 aliphatic rings. The van der Waals surface area contributed by atoms with Crippen LogP contribution in [0.25, 0.3) is 10.8 Å². The van der Waals surface area contributed by atoms with E-state index in [0.717, 1.165) is 4.88 Å². The highest BCUT2D eigenvalue weighted by Gasteiger charge is 2.35. The summed E-state index contributed by atoms with van der Waals surface area (Å²) < 4.78 is 21.5. The molecule has 0 saturated carbocycles. The first-order valence-electron chi connectivity index (χ1n) is 10.1. The molecule has 1 atom stereocenters. The number of urea groups is 1. The molecule has 172 valence electrons. The zero-order chi connectivity index (χ0) is 23.4. The Balaban J connectivity index is 1.51. The van der Waals surface area contributed by atoms with E-state index in [4.69, 9.17) is 18.3 Å². The summed E-state index contributed by atoms with van der Waals surface area (Å²) >= 11 is 1.48. The van der Waals surface area contributed by atoms with Crippen LogP contribution >= 0.6 is 11.3 Å². The lowest BCUT2D eigenvalue weighted by molar-refractivity contribution is -0.143. The van der Waals surface area contributed by atoms with E-state index < -0.39 is 24.0 Å². The van der Waals surface area contributed by atoms with Gasteiger partial charge in [-0.05, 0) is 37.4 Å². The molecule has 33 heavy (non-hydrogen) atoms. The second-order valence-corrected chi connectivity index (χ2v) is 7.94. The molecule has 0 saturated heterocycles. The smallest absolute Gasteiger partial charge is 0.338 e. The molecule has 3 aromatic rings. The fourth-order valence-corrected chi connectivity index (χ4v) is 3.94. The van der Waals surface area contributed by atoms with E-state index in [1.807, 2.05) is 17.5 Å². The number of nitrogens with zero attached hydrogens (tertiary/aromatic N) is 1. The summed E-state index contributed by atoms with van der Waals surface area (Å²) in [5.74, 6) is 0.0305. The molecular formula is C22H21N3O7S. The van der Waals surface area contributed by atoms with Crippen molar-refractivity contribution in [2.75, 3.05) is 13.2 Å². The van der Waals surface area contributed by atoms with Crippen LogP contribution < -0.4 is 10.6 Å². The number of amides is 2. The van der Waals surface area contributed by atoms with Crippen molar-refractivity contribution in [3.63, 3.8) is 0 Å². The van der Waals surface area contributed by atoms with Crippen molar-refractivity contribution < 1.29 is 32.7 Å². The van der Waals surface area contributed by atoms with Gasteiger partial charge in [0.25, 0.3) is 0 Å². The Bertz CT molecular complexity index is 1180. The van der Waals surface area contributed by atoms with Crippen LogP contribution in [0.2, 0.25) is 0 Å². The third-order valence-corrected chi connectivity index (χ3v) is 5.65. The monoisotopic (exact) mass is 471 g/mol. The van der Waals surface area contributed by atoms with E-state index >= 15 is 0 Å². The molecular weight excluding hydrogens is 450 g/mol. The first-order chi connectivity index (χ1) is 16.0. The Morgan fingerprint density at radius 3 is 2.79 bits per heavy atom. The maximum absolute atomic E-state index is 12.6. The van der Waals surface area contributed by atoms with Gasteiger partial charge in [0.15, 0.2) is 0 Å². The summed E-state index contributed by atoms with van der Waals surface area (Å²) in [5, 5.41) is 7.06. The molecule has 11 heteroatoms. The molecule has 3 aromatic heterocycles. The number of nitrogens with one attached hydrogen (secondary N) is 2. The summed E-state index contributed by atoms with van der Waals surface area (Å²) in [6, 6.07) is 5.56. The topological polar surface area (TPSA) is 133 Å². The van der Waals surface area contributed by atoms with Crippen molar-refractivity contribution in [2.45, 2.75) is 26.3 Å². The maximum atomic E-state index is 12.6. The Hall–Kier alpha value is -3.86. The van der Waals surface area contributed by atoms with Gasteiger partial charge in [-0.3, -0.25) is 4.79 Å². The number of esters is 2. The second kappa shape index (κ2) is 9.74. The Kier molecular flexibility index (Phi) is 6.59. The van der Waals surface area contributed by atoms with Crippen LogP contribution in [0.15, 0.2) is 56.0 Å². The van der Waals surface area contributed by atoms with Gasteiger partial charge >= 0.3 is 18.0 Å². The third kappa shape index (κ3) is 4.98. The van der Waals surface area contributed by atoms with Gasteiger partial charge in [-0.2, -0.15) is 0 Å². The third-order valence-electron chi connectivity index (χ3n) is 4.79. The van der Waals surface area contributed by atoms with Crippen LogP contribution in [0, 0.1) is 6.92 Å². The second-order valence-electron chi connectivity index (χ2n) is 7.00. The summed E-state index contributed by atoms with van der Waals surface area (Å²) in [6.07, 6.45) is 1.30. The number of rotatable bonds is 8. The molecule has 1 unspecified atom stereocenters. The first kappa shape index (κ1) is 22.3. The highest BCUT2D eigenvalue weighted by molar-refractivity contribution is 7.13. The highest BCUT2D eigenvalue weighted by atomic mass is 32.1. The van der Waals surface area contributed by atoms with Crippen LogP contribution in [-0.4, -0.2) is 36.2 Å². The predicted octanol–water partition coefficient (Wildman–Crippen LogP) is 3.26. The molecule has 1 aliphatic heterocycles. The first-order valence-corrected chi connectivity index (χ1v) is 11.0. The molecule has 0 aliphatic carbocycles. The van der Waals surface area contributed by atoms with Crippen molar-refractivity contribution in [1.29, 1.82) is 0 Å². The van der Waals surface area contributed by atoms with Crippen LogP contribution in [0.1, 0.15) is 30.2 Å². The van der Waals surface area contributed by atoms with Crippen molar-refractivity contribution in [3.05, 3.63) is 64.4 Å². The van der Waals surface area contributed by atoms with Gasteiger partial charge in [-0.15, -0.1) is 11.3 Å². The largest absolute Gasteiger partial charge is 0.467 e. The number of furan rings is 1. The molecule has 2 amide bonds. The zero-order valence-electron chi connectivity index (χ0n) is 17.9. The maximum Gasteiger partial charge on any atom is 0.338 e. The fourth-order valence-electron chi connectivity index (χ4n) is 3.29. The van der Waals surface area contributed by atoms with Gasteiger partial charge in [-0.1, -0.05) is 6.07 Å². The van der Waals surface area contributed by atoms with Crippen LogP contribution in [0.3, 0.4) is 0 Å². The Morgan fingerprint density at radius 2 is 2.09 bits per heavy atom. The van der Waals surface area contributed by atoms with Crippen LogP contribution in [-0.2, 0) is 25.5 Å². The van der Waals surface area contributed by atoms with E-state index in [0.29, 0.717) is 23.1 Å². The number of aromatic nitrogens is 1. The van der Waals surface area contributed by atoms with E-state index in [1.165, 1.54) is 17.6 Å². The fraction of sp³-hybridized carbons (Fsp3) is 0.273. The number of carbonyl (C=O) groups excluding carboxylic acids is 3. The van der Waals surface area contributed by atoms with Crippen molar-refractivity contribution in [2.24, 2.45) is 0 Å². The predicted molar refractivity (Wildman–Crippen MR) is 116 cm³/mol. The molecule has 4 rings (SSSR count). The normalized spacial score (nSPS) is 15.7. The highest BCUT2D eigenvalue weighted by Crippen LogP contribution is 2.29. The van der Waals surface area contributed by atoms with Gasteiger partial charge < -0.3 is 28.9 Å². The summed E-state index contributed by atoms with van der Waals surface area (Å²) in [7, 11) is 0. The van der Waals surface area contributed by atoms with Crippen molar-refractivity contribution in [1.82, 2.24) is 15.6 Å². The standard InChI is InChI=1S/C22H21N3O7S/c1-3-29-21(27)18-14(24-22(28)25-19(18)15-6-4-8-30-15)11-31-17(26)10-13-12(2)32-20(23-13)16-7-5-9-33-16/h4-9,19H,3,10-11H2,1-2H3,(H2,24,25,28). The molecule has 0 spiro atoms. The number of thiophene rings is 1. The van der Waals surface area contributed by atoms with E-state index in [9.17, 15) is 14.4 Å². The van der Waals surface area contributed by atoms with E-state index in [2.05, 4.69) is 15.6 Å². The molecule has 2 N–H and O–H groups in total. The van der Waals surface area contributed by atoms with Gasteiger partial charge in [-0.25, -0.2) is 14.6 Å². The lowest BCUT2D eigenvalue weighted by atomic mass is 10.0. The Morgan fingerprint density at radius 1 is 1.24 bits per heavy atom. The number of oxazole rings is 1. The summed E-state index contributed by atoms with van der Waals surface area (Å²) in [4.78, 5) is 42.6. The van der Waals surface area contributed by atoms with Crippen LogP contribution in [0.4, 0.5) is 4.79 Å². The Labute approximate surface area is 192 Å². The zero-order valence-corrected chi connectivity index (χ0v) is 18.7. The van der Waals surface area contributed by atoms with E-state index in [-0.39, 0.29) is 30.9 Å². The minimum Gasteiger partial charge on any atom is -0.467 e. The van der Waals surface area contributed by atoms with Gasteiger partial charge in [0.05, 0.1) is 41.1 Å². The molecule has 0 aromatic carbocycles. The minimum absolute atomic E-state index is 0.0943. The number of aryl methyl sites for hydroxylation is 1. The number of hydrogen-bond acceptors (Lipinski definition) is 9. The molecule has 10 nitrogen and oxygen atoms in total. The summed E-state index contributed by atoms with van der Waals surface area (Å²) in [5.41, 5.74) is 0.658. The minimum atomic E-state index is -0.882. The van der Waals surface area contributed by atoms with Gasteiger partial charge in [0.1, 0.15) is 24.2 Å². The lowest BCUT2D eigenvalue weighted by Gasteiger charge is -2.27. The molecule has 0 bridgehead atoms. The number of carbonyl (C=O) groups is 3. The number of hydrogen-bond donors (Lipinski definition) is 2. The van der Waals surface area contributed by atoms with Gasteiger partial charge in [0, 0.05) is 0 Å².